The monoisotopic (exact) mass is 295 g/mol. The van der Waals surface area contributed by atoms with Gasteiger partial charge in [0.1, 0.15) is 5.92 Å². The second-order valence-electron chi connectivity index (χ2n) is 5.86. The summed E-state index contributed by atoms with van der Waals surface area (Å²) in [5.41, 5.74) is 0.829. The van der Waals surface area contributed by atoms with E-state index in [4.69, 9.17) is 0 Å². The van der Waals surface area contributed by atoms with Gasteiger partial charge in [0.25, 0.3) is 0 Å². The smallest absolute Gasteiger partial charge is 0.312 e. The van der Waals surface area contributed by atoms with E-state index in [1.165, 1.54) is 4.88 Å². The first-order valence-corrected chi connectivity index (χ1v) is 8.05. The van der Waals surface area contributed by atoms with Crippen LogP contribution in [0.25, 0.3) is 0 Å². The zero-order chi connectivity index (χ0) is 14.3. The zero-order valence-corrected chi connectivity index (χ0v) is 12.8. The lowest BCUT2D eigenvalue weighted by Crippen LogP contribution is -2.50. The average Bonchev–Trinajstić information content (AvgIpc) is 2.85. The minimum Gasteiger partial charge on any atom is -0.481 e. The van der Waals surface area contributed by atoms with Gasteiger partial charge in [0.05, 0.1) is 5.69 Å². The number of nitrogens with zero attached hydrogens (tertiary/aromatic N) is 3. The molecule has 1 fully saturated rings. The molecule has 5 nitrogen and oxygen atoms in total. The normalized spacial score (nSPS) is 27.4. The number of carboxylic acid groups (broad SMARTS) is 1. The van der Waals surface area contributed by atoms with E-state index < -0.39 is 11.9 Å². The van der Waals surface area contributed by atoms with Crippen LogP contribution in [-0.2, 0) is 11.2 Å². The van der Waals surface area contributed by atoms with E-state index in [0.717, 1.165) is 49.7 Å². The second kappa shape index (κ2) is 5.33. The Labute approximate surface area is 123 Å². The molecule has 0 aromatic carbocycles. The molecule has 2 heterocycles. The van der Waals surface area contributed by atoms with E-state index in [1.807, 2.05) is 0 Å². The summed E-state index contributed by atoms with van der Waals surface area (Å²) in [4.78, 5) is 21.9. The Balaban J connectivity index is 1.84. The van der Waals surface area contributed by atoms with Crippen LogP contribution in [0.3, 0.4) is 0 Å². The Morgan fingerprint density at radius 1 is 1.45 bits per heavy atom. The molecule has 3 rings (SSSR count). The summed E-state index contributed by atoms with van der Waals surface area (Å²) >= 11 is 1.70. The summed E-state index contributed by atoms with van der Waals surface area (Å²) in [7, 11) is 2.15. The molecule has 110 valence electrons. The van der Waals surface area contributed by atoms with Crippen LogP contribution in [-0.4, -0.2) is 53.7 Å². The molecule has 2 unspecified atom stereocenters. The standard InChI is InChI=1S/C14H21N3O2S/c1-9-8-17(7-6-16(9)2)14-15-12-10(13(18)19)4-3-5-11(12)20-14/h9-10H,3-8H2,1-2H3,(H,18,19). The fourth-order valence-electron chi connectivity index (χ4n) is 3.00. The predicted molar refractivity (Wildman–Crippen MR) is 79.7 cm³/mol. The summed E-state index contributed by atoms with van der Waals surface area (Å²) in [6.07, 6.45) is 2.68. The van der Waals surface area contributed by atoms with E-state index in [1.54, 1.807) is 11.3 Å². The highest BCUT2D eigenvalue weighted by Gasteiger charge is 2.32. The molecule has 0 saturated carbocycles. The molecule has 2 atom stereocenters. The van der Waals surface area contributed by atoms with Crippen molar-refractivity contribution in [3.05, 3.63) is 10.6 Å². The number of likely N-dealkylation sites (N-methyl/N-ethyl adjacent to an activating group) is 1. The molecule has 1 saturated heterocycles. The minimum atomic E-state index is -0.727. The molecule has 1 aromatic heterocycles. The number of aromatic nitrogens is 1. The van der Waals surface area contributed by atoms with Crippen LogP contribution < -0.4 is 4.90 Å². The van der Waals surface area contributed by atoms with Crippen LogP contribution >= 0.6 is 11.3 Å². The third-order valence-electron chi connectivity index (χ3n) is 4.47. The van der Waals surface area contributed by atoms with Crippen LogP contribution in [0.15, 0.2) is 0 Å². The van der Waals surface area contributed by atoms with Crippen molar-refractivity contribution in [1.82, 2.24) is 9.88 Å². The maximum Gasteiger partial charge on any atom is 0.312 e. The number of aliphatic carboxylic acids is 1. The molecule has 0 bridgehead atoms. The number of hydrogen-bond donors (Lipinski definition) is 1. The first-order chi connectivity index (χ1) is 9.56. The number of hydrogen-bond acceptors (Lipinski definition) is 5. The number of aryl methyl sites for hydroxylation is 1. The highest BCUT2D eigenvalue weighted by atomic mass is 32.1. The molecule has 0 amide bonds. The Hall–Kier alpha value is -1.14. The maximum absolute atomic E-state index is 11.3. The maximum atomic E-state index is 11.3. The van der Waals surface area contributed by atoms with Gasteiger partial charge in [-0.2, -0.15) is 0 Å². The molecular formula is C14H21N3O2S. The van der Waals surface area contributed by atoms with Gasteiger partial charge in [-0.3, -0.25) is 4.79 Å². The quantitative estimate of drug-likeness (QED) is 0.901. The van der Waals surface area contributed by atoms with Gasteiger partial charge in [0.2, 0.25) is 0 Å². The number of thiazole rings is 1. The van der Waals surface area contributed by atoms with Crippen molar-refractivity contribution in [3.63, 3.8) is 0 Å². The predicted octanol–water partition coefficient (Wildman–Crippen LogP) is 1.79. The number of carbonyl (C=O) groups is 1. The Bertz CT molecular complexity index is 517. The average molecular weight is 295 g/mol. The van der Waals surface area contributed by atoms with E-state index >= 15 is 0 Å². The SMILES string of the molecule is CC1CN(c2nc3c(s2)CCCC3C(=O)O)CCN1C. The Morgan fingerprint density at radius 3 is 2.95 bits per heavy atom. The summed E-state index contributed by atoms with van der Waals surface area (Å²) in [6, 6.07) is 0.514. The Kier molecular flexibility index (Phi) is 3.69. The number of anilines is 1. The van der Waals surface area contributed by atoms with E-state index in [0.29, 0.717) is 6.04 Å². The minimum absolute atomic E-state index is 0.395. The highest BCUT2D eigenvalue weighted by molar-refractivity contribution is 7.15. The van der Waals surface area contributed by atoms with Gasteiger partial charge in [-0.25, -0.2) is 4.98 Å². The molecule has 2 aliphatic rings. The van der Waals surface area contributed by atoms with Crippen molar-refractivity contribution >= 4 is 22.4 Å². The molecule has 6 heteroatoms. The van der Waals surface area contributed by atoms with E-state index in [9.17, 15) is 9.90 Å². The molecule has 1 aliphatic carbocycles. The highest BCUT2D eigenvalue weighted by Crippen LogP contribution is 2.38. The van der Waals surface area contributed by atoms with Crippen LogP contribution in [0.4, 0.5) is 5.13 Å². The largest absolute Gasteiger partial charge is 0.481 e. The van der Waals surface area contributed by atoms with Crippen molar-refractivity contribution in [2.45, 2.75) is 38.1 Å². The third kappa shape index (κ3) is 2.42. The summed E-state index contributed by atoms with van der Waals surface area (Å²) in [5, 5.41) is 10.3. The van der Waals surface area contributed by atoms with Gasteiger partial charge < -0.3 is 14.9 Å². The van der Waals surface area contributed by atoms with Crippen molar-refractivity contribution in [1.29, 1.82) is 0 Å². The van der Waals surface area contributed by atoms with Gasteiger partial charge in [0, 0.05) is 30.6 Å². The van der Waals surface area contributed by atoms with Crippen molar-refractivity contribution < 1.29 is 9.90 Å². The molecule has 1 aromatic rings. The number of carboxylic acids is 1. The summed E-state index contributed by atoms with van der Waals surface area (Å²) in [6.45, 7) is 5.21. The van der Waals surface area contributed by atoms with E-state index in [2.05, 4.69) is 28.8 Å². The fourth-order valence-corrected chi connectivity index (χ4v) is 4.20. The number of fused-ring (bicyclic) bond motifs is 1. The first kappa shape index (κ1) is 13.8. The molecule has 0 radical (unpaired) electrons. The lowest BCUT2D eigenvalue weighted by atomic mass is 9.91. The third-order valence-corrected chi connectivity index (χ3v) is 5.66. The number of piperazine rings is 1. The van der Waals surface area contributed by atoms with Gasteiger partial charge in [0.15, 0.2) is 5.13 Å². The van der Waals surface area contributed by atoms with Crippen molar-refractivity contribution in [3.8, 4) is 0 Å². The Morgan fingerprint density at radius 2 is 2.25 bits per heavy atom. The molecule has 1 N–H and O–H groups in total. The van der Waals surface area contributed by atoms with Gasteiger partial charge in [-0.05, 0) is 33.2 Å². The molecule has 20 heavy (non-hydrogen) atoms. The van der Waals surface area contributed by atoms with Crippen LogP contribution in [0.2, 0.25) is 0 Å². The van der Waals surface area contributed by atoms with Gasteiger partial charge in [-0.15, -0.1) is 11.3 Å². The van der Waals surface area contributed by atoms with Gasteiger partial charge in [-0.1, -0.05) is 0 Å². The lowest BCUT2D eigenvalue weighted by molar-refractivity contribution is -0.139. The zero-order valence-electron chi connectivity index (χ0n) is 12.0. The first-order valence-electron chi connectivity index (χ1n) is 7.24. The fraction of sp³-hybridized carbons (Fsp3) is 0.714. The molecule has 1 aliphatic heterocycles. The lowest BCUT2D eigenvalue weighted by Gasteiger charge is -2.37. The molecular weight excluding hydrogens is 274 g/mol. The number of rotatable bonds is 2. The topological polar surface area (TPSA) is 56.7 Å². The van der Waals surface area contributed by atoms with Gasteiger partial charge >= 0.3 is 5.97 Å². The van der Waals surface area contributed by atoms with E-state index in [-0.39, 0.29) is 0 Å². The molecule has 0 spiro atoms. The summed E-state index contributed by atoms with van der Waals surface area (Å²) < 4.78 is 0. The summed E-state index contributed by atoms with van der Waals surface area (Å²) in [5.74, 6) is -1.12. The second-order valence-corrected chi connectivity index (χ2v) is 6.93. The van der Waals surface area contributed by atoms with Crippen LogP contribution in [0.5, 0.6) is 0 Å². The van der Waals surface area contributed by atoms with Crippen LogP contribution in [0, 0.1) is 0 Å². The van der Waals surface area contributed by atoms with Crippen molar-refractivity contribution in [2.75, 3.05) is 31.6 Å². The van der Waals surface area contributed by atoms with Crippen molar-refractivity contribution in [2.24, 2.45) is 0 Å². The van der Waals surface area contributed by atoms with Crippen LogP contribution in [0.1, 0.15) is 36.3 Å².